The number of nitrogens with zero attached hydrogens (tertiary/aromatic N) is 1. The number of halogens is 2. The predicted octanol–water partition coefficient (Wildman–Crippen LogP) is 3.77. The monoisotopic (exact) mass is 395 g/mol. The zero-order valence-corrected chi connectivity index (χ0v) is 14.1. The molecule has 1 aromatic rings. The van der Waals surface area contributed by atoms with Crippen molar-refractivity contribution in [3.8, 4) is 0 Å². The maximum atomic E-state index is 12.6. The minimum atomic E-state index is -3.42. The van der Waals surface area contributed by atoms with Gasteiger partial charge in [0.05, 0.1) is 4.90 Å². The van der Waals surface area contributed by atoms with E-state index in [2.05, 4.69) is 31.9 Å². The molecule has 0 aromatic heterocycles. The van der Waals surface area contributed by atoms with Gasteiger partial charge in [-0.25, -0.2) is 8.42 Å². The van der Waals surface area contributed by atoms with Crippen LogP contribution >= 0.6 is 31.9 Å². The maximum absolute atomic E-state index is 12.6. The van der Waals surface area contributed by atoms with Crippen molar-refractivity contribution in [2.75, 3.05) is 7.05 Å². The fourth-order valence-electron chi connectivity index (χ4n) is 2.29. The average Bonchev–Trinajstić information content (AvgIpc) is 2.84. The molecule has 0 spiro atoms. The lowest BCUT2D eigenvalue weighted by Crippen LogP contribution is -2.35. The Morgan fingerprint density at radius 3 is 2.44 bits per heavy atom. The van der Waals surface area contributed by atoms with Crippen LogP contribution in [0.25, 0.3) is 0 Å². The molecule has 0 bridgehead atoms. The first-order chi connectivity index (χ1) is 8.43. The number of hydrogen-bond acceptors (Lipinski definition) is 2. The fourth-order valence-corrected chi connectivity index (χ4v) is 5.17. The highest BCUT2D eigenvalue weighted by atomic mass is 79.9. The molecular formula is C12H15Br2NO2S. The van der Waals surface area contributed by atoms with Crippen molar-refractivity contribution in [3.05, 3.63) is 27.1 Å². The zero-order chi connectivity index (χ0) is 13.3. The highest BCUT2D eigenvalue weighted by Crippen LogP contribution is 2.31. The van der Waals surface area contributed by atoms with Gasteiger partial charge in [0.2, 0.25) is 10.0 Å². The van der Waals surface area contributed by atoms with E-state index in [9.17, 15) is 8.42 Å². The second-order valence-corrected chi connectivity index (χ2v) is 8.27. The summed E-state index contributed by atoms with van der Waals surface area (Å²) >= 11 is 6.63. The quantitative estimate of drug-likeness (QED) is 0.779. The SMILES string of the molecule is CN(C1CCCC1)S(=O)(=O)c1cc(Br)ccc1Br. The number of rotatable bonds is 3. The lowest BCUT2D eigenvalue weighted by molar-refractivity contribution is 0.373. The standard InChI is InChI=1S/C12H15Br2NO2S/c1-15(10-4-2-3-5-10)18(16,17)12-8-9(13)6-7-11(12)14/h6-8,10H,2-5H2,1H3. The minimum absolute atomic E-state index is 0.140. The highest BCUT2D eigenvalue weighted by Gasteiger charge is 2.31. The Bertz CT molecular complexity index is 539. The molecular weight excluding hydrogens is 382 g/mol. The van der Waals surface area contributed by atoms with Crippen molar-refractivity contribution in [1.29, 1.82) is 0 Å². The van der Waals surface area contributed by atoms with Gasteiger partial charge in [0.15, 0.2) is 0 Å². The third-order valence-corrected chi connectivity index (χ3v) is 6.79. The van der Waals surface area contributed by atoms with Gasteiger partial charge in [-0.05, 0) is 47.0 Å². The summed E-state index contributed by atoms with van der Waals surface area (Å²) in [7, 11) is -1.74. The maximum Gasteiger partial charge on any atom is 0.244 e. The molecule has 0 N–H and O–H groups in total. The molecule has 1 saturated carbocycles. The van der Waals surface area contributed by atoms with Crippen molar-refractivity contribution >= 4 is 41.9 Å². The van der Waals surface area contributed by atoms with Gasteiger partial charge in [-0.1, -0.05) is 28.8 Å². The van der Waals surface area contributed by atoms with Crippen LogP contribution in [0, 0.1) is 0 Å². The zero-order valence-electron chi connectivity index (χ0n) is 10.1. The second kappa shape index (κ2) is 5.61. The Balaban J connectivity index is 2.37. The van der Waals surface area contributed by atoms with Gasteiger partial charge in [-0.15, -0.1) is 0 Å². The average molecular weight is 397 g/mol. The van der Waals surface area contributed by atoms with E-state index in [0.717, 1.165) is 30.2 Å². The van der Waals surface area contributed by atoms with Crippen molar-refractivity contribution < 1.29 is 8.42 Å². The van der Waals surface area contributed by atoms with E-state index in [4.69, 9.17) is 0 Å². The Hall–Kier alpha value is 0.0900. The van der Waals surface area contributed by atoms with Gasteiger partial charge in [-0.2, -0.15) is 4.31 Å². The van der Waals surface area contributed by atoms with Crippen LogP contribution in [0.4, 0.5) is 0 Å². The van der Waals surface area contributed by atoms with Gasteiger partial charge in [0.1, 0.15) is 0 Å². The summed E-state index contributed by atoms with van der Waals surface area (Å²) in [4.78, 5) is 0.325. The third kappa shape index (κ3) is 2.81. The Morgan fingerprint density at radius 2 is 1.83 bits per heavy atom. The molecule has 3 nitrogen and oxygen atoms in total. The fraction of sp³-hybridized carbons (Fsp3) is 0.500. The molecule has 100 valence electrons. The normalized spacial score (nSPS) is 17.6. The van der Waals surface area contributed by atoms with Gasteiger partial charge >= 0.3 is 0 Å². The molecule has 0 unspecified atom stereocenters. The van der Waals surface area contributed by atoms with E-state index >= 15 is 0 Å². The number of sulfonamides is 1. The lowest BCUT2D eigenvalue weighted by Gasteiger charge is -2.24. The first-order valence-corrected chi connectivity index (χ1v) is 8.88. The number of benzene rings is 1. The molecule has 0 heterocycles. The van der Waals surface area contributed by atoms with E-state index < -0.39 is 10.0 Å². The molecule has 1 aromatic carbocycles. The predicted molar refractivity (Wildman–Crippen MR) is 79.0 cm³/mol. The van der Waals surface area contributed by atoms with E-state index in [1.54, 1.807) is 19.2 Å². The summed E-state index contributed by atoms with van der Waals surface area (Å²) in [5.41, 5.74) is 0. The van der Waals surface area contributed by atoms with Crippen LogP contribution in [0.5, 0.6) is 0 Å². The first kappa shape index (κ1) is 14.5. The summed E-state index contributed by atoms with van der Waals surface area (Å²) in [5, 5.41) is 0. The van der Waals surface area contributed by atoms with Crippen LogP contribution < -0.4 is 0 Å². The molecule has 2 rings (SSSR count). The van der Waals surface area contributed by atoms with E-state index in [1.807, 2.05) is 6.07 Å². The number of hydrogen-bond donors (Lipinski definition) is 0. The molecule has 0 atom stereocenters. The molecule has 0 saturated heterocycles. The Labute approximate surface area is 125 Å². The topological polar surface area (TPSA) is 37.4 Å². The van der Waals surface area contributed by atoms with Crippen LogP contribution in [-0.2, 0) is 10.0 Å². The summed E-state index contributed by atoms with van der Waals surface area (Å²) < 4.78 is 28.0. The molecule has 0 amide bonds. The van der Waals surface area contributed by atoms with Crippen LogP contribution in [-0.4, -0.2) is 25.8 Å². The molecule has 0 radical (unpaired) electrons. The van der Waals surface area contributed by atoms with Gasteiger partial charge in [0, 0.05) is 22.0 Å². The van der Waals surface area contributed by atoms with E-state index in [0.29, 0.717) is 9.37 Å². The largest absolute Gasteiger partial charge is 0.244 e. The van der Waals surface area contributed by atoms with Gasteiger partial charge in [-0.3, -0.25) is 0 Å². The molecule has 1 aliphatic rings. The lowest BCUT2D eigenvalue weighted by atomic mass is 10.3. The smallest absolute Gasteiger partial charge is 0.207 e. The molecule has 0 aliphatic heterocycles. The van der Waals surface area contributed by atoms with Crippen molar-refractivity contribution in [1.82, 2.24) is 4.31 Å². The van der Waals surface area contributed by atoms with Crippen LogP contribution in [0.1, 0.15) is 25.7 Å². The first-order valence-electron chi connectivity index (χ1n) is 5.86. The molecule has 1 aliphatic carbocycles. The van der Waals surface area contributed by atoms with Crippen LogP contribution in [0.15, 0.2) is 32.0 Å². The molecule has 6 heteroatoms. The van der Waals surface area contributed by atoms with Crippen molar-refractivity contribution in [2.45, 2.75) is 36.6 Å². The second-order valence-electron chi connectivity index (χ2n) is 4.53. The third-order valence-electron chi connectivity index (χ3n) is 3.39. The summed E-state index contributed by atoms with van der Waals surface area (Å²) in [6, 6.07) is 5.35. The highest BCUT2D eigenvalue weighted by molar-refractivity contribution is 9.11. The summed E-state index contributed by atoms with van der Waals surface area (Å²) in [5.74, 6) is 0. The van der Waals surface area contributed by atoms with E-state index in [1.165, 1.54) is 4.31 Å². The summed E-state index contributed by atoms with van der Waals surface area (Å²) in [6.45, 7) is 0. The van der Waals surface area contributed by atoms with Gasteiger partial charge in [0.25, 0.3) is 0 Å². The van der Waals surface area contributed by atoms with Crippen molar-refractivity contribution in [3.63, 3.8) is 0 Å². The van der Waals surface area contributed by atoms with Crippen LogP contribution in [0.2, 0.25) is 0 Å². The Kier molecular flexibility index (Phi) is 4.52. The minimum Gasteiger partial charge on any atom is -0.207 e. The van der Waals surface area contributed by atoms with Crippen molar-refractivity contribution in [2.24, 2.45) is 0 Å². The molecule has 18 heavy (non-hydrogen) atoms. The van der Waals surface area contributed by atoms with Crippen LogP contribution in [0.3, 0.4) is 0 Å². The summed E-state index contributed by atoms with van der Waals surface area (Å²) in [6.07, 6.45) is 4.15. The van der Waals surface area contributed by atoms with E-state index in [-0.39, 0.29) is 6.04 Å². The Morgan fingerprint density at radius 1 is 1.22 bits per heavy atom. The van der Waals surface area contributed by atoms with Gasteiger partial charge < -0.3 is 0 Å². The molecule has 1 fully saturated rings.